The molecule has 1 aliphatic heterocycles. The number of rotatable bonds is 3. The van der Waals surface area contributed by atoms with E-state index in [9.17, 15) is 4.79 Å². The average molecular weight is 273 g/mol. The van der Waals surface area contributed by atoms with E-state index in [0.29, 0.717) is 0 Å². The molecule has 0 radical (unpaired) electrons. The predicted molar refractivity (Wildman–Crippen MR) is 77.8 cm³/mol. The van der Waals surface area contributed by atoms with Crippen LogP contribution in [0.15, 0.2) is 42.8 Å². The molecule has 2 rings (SSSR count). The third-order valence-corrected chi connectivity index (χ3v) is 3.11. The molecule has 106 valence electrons. The number of allylic oxidation sites excluding steroid dienone is 2. The minimum Gasteiger partial charge on any atom is -0.491 e. The lowest BCUT2D eigenvalue weighted by atomic mass is 9.93. The molecule has 1 heterocycles. The Morgan fingerprint density at radius 3 is 2.50 bits per heavy atom. The molecule has 4 heteroatoms. The Balaban J connectivity index is 2.23. The molecule has 1 amide bonds. The maximum atomic E-state index is 10.8. The smallest absolute Gasteiger partial charge is 0.415 e. The molecule has 1 aromatic carbocycles. The van der Waals surface area contributed by atoms with E-state index < -0.39 is 6.09 Å². The first-order chi connectivity index (χ1) is 9.47. The summed E-state index contributed by atoms with van der Waals surface area (Å²) in [7, 11) is 0. The molecule has 4 nitrogen and oxygen atoms in total. The van der Waals surface area contributed by atoms with Crippen molar-refractivity contribution >= 4 is 6.09 Å². The van der Waals surface area contributed by atoms with Gasteiger partial charge in [0.1, 0.15) is 5.75 Å². The number of carboxylic acid groups (broad SMARTS) is 1. The first-order valence-electron chi connectivity index (χ1n) is 6.62. The monoisotopic (exact) mass is 273 g/mol. The summed E-state index contributed by atoms with van der Waals surface area (Å²) in [6.45, 7) is 6.02. The first-order valence-corrected chi connectivity index (χ1v) is 6.62. The molecule has 0 spiro atoms. The Morgan fingerprint density at radius 2 is 1.95 bits per heavy atom. The minimum absolute atomic E-state index is 0.0707. The van der Waals surface area contributed by atoms with E-state index in [1.54, 1.807) is 12.4 Å². The summed E-state index contributed by atoms with van der Waals surface area (Å²) in [6, 6.07) is 6.00. The van der Waals surface area contributed by atoms with Gasteiger partial charge in [-0.15, -0.1) is 0 Å². The van der Waals surface area contributed by atoms with E-state index in [-0.39, 0.29) is 12.0 Å². The van der Waals surface area contributed by atoms with Crippen molar-refractivity contribution in [3.63, 3.8) is 0 Å². The highest BCUT2D eigenvalue weighted by Gasteiger charge is 2.15. The number of hydrogen-bond donors (Lipinski definition) is 1. The minimum atomic E-state index is -0.982. The van der Waals surface area contributed by atoms with E-state index >= 15 is 0 Å². The summed E-state index contributed by atoms with van der Waals surface area (Å²) >= 11 is 0. The van der Waals surface area contributed by atoms with Gasteiger partial charge in [-0.3, -0.25) is 4.90 Å². The maximum absolute atomic E-state index is 10.8. The summed E-state index contributed by atoms with van der Waals surface area (Å²) < 4.78 is 5.71. The molecular formula is C16H19NO3. The van der Waals surface area contributed by atoms with Crippen LogP contribution in [0.3, 0.4) is 0 Å². The van der Waals surface area contributed by atoms with Crippen molar-refractivity contribution in [3.05, 3.63) is 53.9 Å². The van der Waals surface area contributed by atoms with Crippen LogP contribution in [0, 0.1) is 6.92 Å². The highest BCUT2D eigenvalue weighted by atomic mass is 16.5. The van der Waals surface area contributed by atoms with Crippen LogP contribution in [0.25, 0.3) is 0 Å². The predicted octanol–water partition coefficient (Wildman–Crippen LogP) is 3.89. The molecule has 0 atom stereocenters. The van der Waals surface area contributed by atoms with Gasteiger partial charge in [0, 0.05) is 18.3 Å². The second kappa shape index (κ2) is 5.82. The summed E-state index contributed by atoms with van der Waals surface area (Å²) in [4.78, 5) is 12.0. The van der Waals surface area contributed by atoms with Crippen LogP contribution >= 0.6 is 0 Å². The zero-order valence-corrected chi connectivity index (χ0v) is 11.9. The molecule has 0 saturated carbocycles. The lowest BCUT2D eigenvalue weighted by Crippen LogP contribution is -2.19. The van der Waals surface area contributed by atoms with Crippen LogP contribution in [-0.2, 0) is 0 Å². The van der Waals surface area contributed by atoms with Crippen LogP contribution in [0.2, 0.25) is 0 Å². The number of nitrogens with zero attached hydrogens (tertiary/aromatic N) is 1. The van der Waals surface area contributed by atoms with E-state index in [1.807, 2.05) is 51.1 Å². The van der Waals surface area contributed by atoms with Crippen molar-refractivity contribution in [2.45, 2.75) is 32.8 Å². The van der Waals surface area contributed by atoms with E-state index in [0.717, 1.165) is 21.8 Å². The lowest BCUT2D eigenvalue weighted by molar-refractivity contribution is 0.175. The number of aryl methyl sites for hydroxylation is 1. The molecule has 0 saturated heterocycles. The maximum Gasteiger partial charge on any atom is 0.415 e. The molecular weight excluding hydrogens is 254 g/mol. The van der Waals surface area contributed by atoms with E-state index in [1.165, 1.54) is 0 Å². The number of ether oxygens (including phenoxy) is 1. The van der Waals surface area contributed by atoms with Crippen LogP contribution < -0.4 is 4.74 Å². The van der Waals surface area contributed by atoms with Gasteiger partial charge in [0.05, 0.1) is 6.10 Å². The first kappa shape index (κ1) is 14.2. The molecule has 0 aliphatic carbocycles. The van der Waals surface area contributed by atoms with Gasteiger partial charge in [0.2, 0.25) is 0 Å². The summed E-state index contributed by atoms with van der Waals surface area (Å²) in [6.07, 6.45) is 6.03. The van der Waals surface area contributed by atoms with Gasteiger partial charge in [0.15, 0.2) is 0 Å². The Hall–Kier alpha value is -2.23. The largest absolute Gasteiger partial charge is 0.491 e. The standard InChI is InChI=1S/C16H19NO3/c1-11(2)20-14-5-4-12(3)15(10-14)13-6-8-17(9-7-13)16(18)19/h4-11,13H,1-3H3,(H,18,19). The number of carbonyl (C=O) groups is 1. The molecule has 0 aromatic heterocycles. The van der Waals surface area contributed by atoms with Gasteiger partial charge in [-0.2, -0.15) is 0 Å². The van der Waals surface area contributed by atoms with Crippen molar-refractivity contribution in [1.82, 2.24) is 4.90 Å². The zero-order chi connectivity index (χ0) is 14.7. The van der Waals surface area contributed by atoms with Crippen molar-refractivity contribution in [1.29, 1.82) is 0 Å². The number of hydrogen-bond acceptors (Lipinski definition) is 2. The molecule has 1 aliphatic rings. The Labute approximate surface area is 119 Å². The Kier molecular flexibility index (Phi) is 4.13. The fraction of sp³-hybridized carbons (Fsp3) is 0.312. The average Bonchev–Trinajstić information content (AvgIpc) is 2.40. The Bertz CT molecular complexity index is 547. The van der Waals surface area contributed by atoms with Crippen molar-refractivity contribution in [2.24, 2.45) is 0 Å². The fourth-order valence-corrected chi connectivity index (χ4v) is 2.14. The van der Waals surface area contributed by atoms with Crippen molar-refractivity contribution < 1.29 is 14.6 Å². The van der Waals surface area contributed by atoms with E-state index in [4.69, 9.17) is 9.84 Å². The van der Waals surface area contributed by atoms with Crippen LogP contribution in [0.4, 0.5) is 4.79 Å². The number of benzene rings is 1. The molecule has 0 unspecified atom stereocenters. The normalized spacial score (nSPS) is 14.9. The summed E-state index contributed by atoms with van der Waals surface area (Å²) in [5.74, 6) is 0.907. The van der Waals surface area contributed by atoms with Gasteiger partial charge < -0.3 is 9.84 Å². The van der Waals surface area contributed by atoms with Crippen LogP contribution in [-0.4, -0.2) is 22.2 Å². The van der Waals surface area contributed by atoms with Crippen molar-refractivity contribution in [3.8, 4) is 5.75 Å². The number of amides is 1. The highest BCUT2D eigenvalue weighted by molar-refractivity contribution is 5.68. The van der Waals surface area contributed by atoms with Gasteiger partial charge in [0.25, 0.3) is 0 Å². The third-order valence-electron chi connectivity index (χ3n) is 3.11. The van der Waals surface area contributed by atoms with Gasteiger partial charge in [-0.05, 0) is 44.0 Å². The van der Waals surface area contributed by atoms with Gasteiger partial charge >= 0.3 is 6.09 Å². The third kappa shape index (κ3) is 3.20. The Morgan fingerprint density at radius 1 is 1.30 bits per heavy atom. The second-order valence-electron chi connectivity index (χ2n) is 5.08. The SMILES string of the molecule is Cc1ccc(OC(C)C)cc1C1C=CN(C(=O)O)C=C1. The molecule has 1 aromatic rings. The molecule has 0 bridgehead atoms. The molecule has 0 fully saturated rings. The summed E-state index contributed by atoms with van der Waals surface area (Å²) in [5, 5.41) is 8.90. The van der Waals surface area contributed by atoms with Crippen molar-refractivity contribution in [2.75, 3.05) is 0 Å². The quantitative estimate of drug-likeness (QED) is 0.909. The van der Waals surface area contributed by atoms with Gasteiger partial charge in [-0.25, -0.2) is 4.79 Å². The topological polar surface area (TPSA) is 49.8 Å². The molecule has 20 heavy (non-hydrogen) atoms. The lowest BCUT2D eigenvalue weighted by Gasteiger charge is -2.20. The molecule has 1 N–H and O–H groups in total. The zero-order valence-electron chi connectivity index (χ0n) is 11.9. The fourth-order valence-electron chi connectivity index (χ4n) is 2.14. The van der Waals surface area contributed by atoms with Crippen LogP contribution in [0.5, 0.6) is 5.75 Å². The van der Waals surface area contributed by atoms with E-state index in [2.05, 4.69) is 0 Å². The van der Waals surface area contributed by atoms with Gasteiger partial charge in [-0.1, -0.05) is 18.2 Å². The summed E-state index contributed by atoms with van der Waals surface area (Å²) in [5.41, 5.74) is 2.28. The van der Waals surface area contributed by atoms with Crippen LogP contribution in [0.1, 0.15) is 30.9 Å². The second-order valence-corrected chi connectivity index (χ2v) is 5.08. The highest BCUT2D eigenvalue weighted by Crippen LogP contribution is 2.29.